The van der Waals surface area contributed by atoms with Crippen LogP contribution in [-0.2, 0) is 17.6 Å². The minimum absolute atomic E-state index is 0.117. The topological polar surface area (TPSA) is 38.3 Å². The molecule has 0 spiro atoms. The zero-order valence-corrected chi connectivity index (χ0v) is 12.6. The van der Waals surface area contributed by atoms with Gasteiger partial charge in [-0.1, -0.05) is 18.2 Å². The van der Waals surface area contributed by atoms with E-state index in [2.05, 4.69) is 17.4 Å². The van der Waals surface area contributed by atoms with Crippen molar-refractivity contribution in [2.45, 2.75) is 19.3 Å². The minimum Gasteiger partial charge on any atom is -0.497 e. The number of rotatable bonds is 4. The Labute approximate surface area is 130 Å². The van der Waals surface area contributed by atoms with Gasteiger partial charge in [0.2, 0.25) is 5.91 Å². The summed E-state index contributed by atoms with van der Waals surface area (Å²) in [6.07, 6.45) is 6.82. The number of fused-ring (bicyclic) bond motifs is 1. The van der Waals surface area contributed by atoms with Crippen LogP contribution in [0.5, 0.6) is 5.75 Å². The molecule has 1 aliphatic rings. The molecule has 0 saturated carbocycles. The van der Waals surface area contributed by atoms with Crippen molar-refractivity contribution in [1.82, 2.24) is 0 Å². The standard InChI is InChI=1S/C19H19NO2/c1-22-18-10-5-14(6-11-18)7-12-19(21)20-17-9-8-15-3-2-4-16(15)13-17/h5-13H,2-4H2,1H3,(H,20,21). The third-order valence-electron chi connectivity index (χ3n) is 3.91. The van der Waals surface area contributed by atoms with E-state index in [0.29, 0.717) is 0 Å². The monoisotopic (exact) mass is 293 g/mol. The number of carbonyl (C=O) groups excluding carboxylic acids is 1. The first-order valence-corrected chi connectivity index (χ1v) is 7.49. The van der Waals surface area contributed by atoms with E-state index >= 15 is 0 Å². The lowest BCUT2D eigenvalue weighted by molar-refractivity contribution is -0.111. The number of methoxy groups -OCH3 is 1. The Kier molecular flexibility index (Phi) is 4.24. The van der Waals surface area contributed by atoms with Gasteiger partial charge in [-0.3, -0.25) is 4.79 Å². The summed E-state index contributed by atoms with van der Waals surface area (Å²) in [5, 5.41) is 2.91. The summed E-state index contributed by atoms with van der Waals surface area (Å²) in [6, 6.07) is 13.8. The average molecular weight is 293 g/mol. The van der Waals surface area contributed by atoms with Gasteiger partial charge in [0.15, 0.2) is 0 Å². The highest BCUT2D eigenvalue weighted by atomic mass is 16.5. The van der Waals surface area contributed by atoms with E-state index in [4.69, 9.17) is 4.74 Å². The molecule has 3 nitrogen and oxygen atoms in total. The SMILES string of the molecule is COc1ccc(C=CC(=O)Nc2ccc3c(c2)CCC3)cc1. The number of nitrogens with one attached hydrogen (secondary N) is 1. The van der Waals surface area contributed by atoms with Crippen LogP contribution in [-0.4, -0.2) is 13.0 Å². The van der Waals surface area contributed by atoms with Gasteiger partial charge in [0.25, 0.3) is 0 Å². The van der Waals surface area contributed by atoms with Crippen molar-refractivity contribution in [2.24, 2.45) is 0 Å². The molecule has 1 aliphatic carbocycles. The second-order valence-corrected chi connectivity index (χ2v) is 5.43. The van der Waals surface area contributed by atoms with Gasteiger partial charge in [-0.25, -0.2) is 0 Å². The number of carbonyl (C=O) groups is 1. The molecule has 1 amide bonds. The predicted molar refractivity (Wildman–Crippen MR) is 89.1 cm³/mol. The van der Waals surface area contributed by atoms with Crippen LogP contribution < -0.4 is 10.1 Å². The van der Waals surface area contributed by atoms with Gasteiger partial charge in [0.1, 0.15) is 5.75 Å². The van der Waals surface area contributed by atoms with Gasteiger partial charge in [0.05, 0.1) is 7.11 Å². The fourth-order valence-electron chi connectivity index (χ4n) is 2.72. The van der Waals surface area contributed by atoms with Gasteiger partial charge in [-0.2, -0.15) is 0 Å². The summed E-state index contributed by atoms with van der Waals surface area (Å²) in [5.74, 6) is 0.688. The predicted octanol–water partition coefficient (Wildman–Crippen LogP) is 3.84. The Hall–Kier alpha value is -2.55. The second-order valence-electron chi connectivity index (χ2n) is 5.43. The number of benzene rings is 2. The molecular formula is C19H19NO2. The van der Waals surface area contributed by atoms with E-state index in [9.17, 15) is 4.79 Å². The molecule has 3 heteroatoms. The molecule has 2 aromatic carbocycles. The number of anilines is 1. The average Bonchev–Trinajstić information content (AvgIpc) is 3.01. The van der Waals surface area contributed by atoms with Gasteiger partial charge in [-0.05, 0) is 66.3 Å². The molecule has 0 unspecified atom stereocenters. The van der Waals surface area contributed by atoms with Crippen molar-refractivity contribution < 1.29 is 9.53 Å². The Morgan fingerprint density at radius 2 is 1.86 bits per heavy atom. The quantitative estimate of drug-likeness (QED) is 0.870. The lowest BCUT2D eigenvalue weighted by Crippen LogP contribution is -2.08. The fourth-order valence-corrected chi connectivity index (χ4v) is 2.72. The van der Waals surface area contributed by atoms with Gasteiger partial charge < -0.3 is 10.1 Å². The molecule has 1 N–H and O–H groups in total. The van der Waals surface area contributed by atoms with Crippen molar-refractivity contribution in [3.8, 4) is 5.75 Å². The van der Waals surface area contributed by atoms with Crippen LogP contribution in [0.3, 0.4) is 0 Å². The van der Waals surface area contributed by atoms with Crippen molar-refractivity contribution in [2.75, 3.05) is 12.4 Å². The fraction of sp³-hybridized carbons (Fsp3) is 0.211. The van der Waals surface area contributed by atoms with Crippen LogP contribution in [0, 0.1) is 0 Å². The Morgan fingerprint density at radius 3 is 2.64 bits per heavy atom. The lowest BCUT2D eigenvalue weighted by Gasteiger charge is -2.05. The summed E-state index contributed by atoms with van der Waals surface area (Å²) in [4.78, 5) is 12.0. The first kappa shape index (κ1) is 14.4. The van der Waals surface area contributed by atoms with Crippen molar-refractivity contribution >= 4 is 17.7 Å². The molecule has 0 atom stereocenters. The van der Waals surface area contributed by atoms with Gasteiger partial charge >= 0.3 is 0 Å². The zero-order valence-electron chi connectivity index (χ0n) is 12.6. The van der Waals surface area contributed by atoms with Crippen molar-refractivity contribution in [3.63, 3.8) is 0 Å². The number of aryl methyl sites for hydroxylation is 2. The lowest BCUT2D eigenvalue weighted by atomic mass is 10.1. The molecule has 0 aromatic heterocycles. The maximum atomic E-state index is 12.0. The summed E-state index contributed by atoms with van der Waals surface area (Å²) in [6.45, 7) is 0. The van der Waals surface area contributed by atoms with Crippen LogP contribution in [0.25, 0.3) is 6.08 Å². The zero-order chi connectivity index (χ0) is 15.4. The molecule has 0 saturated heterocycles. The molecular weight excluding hydrogens is 274 g/mol. The number of hydrogen-bond donors (Lipinski definition) is 1. The van der Waals surface area contributed by atoms with E-state index in [1.807, 2.05) is 30.3 Å². The molecule has 0 bridgehead atoms. The molecule has 0 heterocycles. The number of amides is 1. The van der Waals surface area contributed by atoms with Crippen LogP contribution in [0.4, 0.5) is 5.69 Å². The molecule has 2 aromatic rings. The molecule has 112 valence electrons. The Bertz CT molecular complexity index is 702. The maximum Gasteiger partial charge on any atom is 0.248 e. The normalized spacial score (nSPS) is 13.1. The Morgan fingerprint density at radius 1 is 1.09 bits per heavy atom. The van der Waals surface area contributed by atoms with Gasteiger partial charge in [0, 0.05) is 11.8 Å². The van der Waals surface area contributed by atoms with Crippen molar-refractivity contribution in [1.29, 1.82) is 0 Å². The first-order valence-electron chi connectivity index (χ1n) is 7.49. The summed E-state index contributed by atoms with van der Waals surface area (Å²) >= 11 is 0. The summed E-state index contributed by atoms with van der Waals surface area (Å²) in [7, 11) is 1.63. The molecule has 0 aliphatic heterocycles. The molecule has 3 rings (SSSR count). The maximum absolute atomic E-state index is 12.0. The highest BCUT2D eigenvalue weighted by Gasteiger charge is 2.11. The highest BCUT2D eigenvalue weighted by Crippen LogP contribution is 2.24. The van der Waals surface area contributed by atoms with Crippen LogP contribution in [0.1, 0.15) is 23.1 Å². The van der Waals surface area contributed by atoms with Crippen LogP contribution >= 0.6 is 0 Å². The van der Waals surface area contributed by atoms with E-state index < -0.39 is 0 Å². The Balaban J connectivity index is 1.63. The smallest absolute Gasteiger partial charge is 0.248 e. The van der Waals surface area contributed by atoms with E-state index in [0.717, 1.165) is 29.8 Å². The third kappa shape index (κ3) is 3.37. The van der Waals surface area contributed by atoms with E-state index in [1.165, 1.54) is 17.5 Å². The number of ether oxygens (including phenoxy) is 1. The van der Waals surface area contributed by atoms with E-state index in [1.54, 1.807) is 19.3 Å². The molecule has 22 heavy (non-hydrogen) atoms. The summed E-state index contributed by atoms with van der Waals surface area (Å²) in [5.41, 5.74) is 4.60. The summed E-state index contributed by atoms with van der Waals surface area (Å²) < 4.78 is 5.11. The molecule has 0 fully saturated rings. The first-order chi connectivity index (χ1) is 10.7. The molecule has 0 radical (unpaired) electrons. The highest BCUT2D eigenvalue weighted by molar-refractivity contribution is 6.02. The second kappa shape index (κ2) is 6.48. The van der Waals surface area contributed by atoms with Crippen LogP contribution in [0.15, 0.2) is 48.5 Å². The number of hydrogen-bond acceptors (Lipinski definition) is 2. The van der Waals surface area contributed by atoms with Gasteiger partial charge in [-0.15, -0.1) is 0 Å². The van der Waals surface area contributed by atoms with E-state index in [-0.39, 0.29) is 5.91 Å². The van der Waals surface area contributed by atoms with Crippen molar-refractivity contribution in [3.05, 3.63) is 65.2 Å². The largest absolute Gasteiger partial charge is 0.497 e. The van der Waals surface area contributed by atoms with Crippen LogP contribution in [0.2, 0.25) is 0 Å². The third-order valence-corrected chi connectivity index (χ3v) is 3.91. The minimum atomic E-state index is -0.117.